The number of aliphatic carboxylic acids is 3. The summed E-state index contributed by atoms with van der Waals surface area (Å²) in [6, 6.07) is 0. The number of carboxylic acids is 3. The van der Waals surface area contributed by atoms with Crippen molar-refractivity contribution in [2.45, 2.75) is 18.4 Å². The van der Waals surface area contributed by atoms with Crippen LogP contribution in [0.5, 0.6) is 0 Å². The number of hydrogen-bond acceptors (Lipinski definition) is 8. The first-order chi connectivity index (χ1) is 9.51. The Hall–Kier alpha value is 2.06. The van der Waals surface area contributed by atoms with E-state index < -0.39 is 51.5 Å². The molecule has 7 N–H and O–H groups in total. The Balaban J connectivity index is -0.0000000638. The van der Waals surface area contributed by atoms with Gasteiger partial charge in [0.2, 0.25) is 0 Å². The van der Waals surface area contributed by atoms with E-state index in [0.29, 0.717) is 0 Å². The summed E-state index contributed by atoms with van der Waals surface area (Å²) in [5, 5.41) is 59.1. The van der Waals surface area contributed by atoms with Crippen molar-refractivity contribution in [2.75, 3.05) is 0 Å². The summed E-state index contributed by atoms with van der Waals surface area (Å²) in [6.07, 6.45) is -2.29. The van der Waals surface area contributed by atoms with Crippen LogP contribution in [0.1, 0.15) is 12.8 Å². The Morgan fingerprint density at radius 1 is 0.880 bits per heavy atom. The monoisotopic (exact) mass is 434 g/mol. The molecule has 14 nitrogen and oxygen atoms in total. The predicted octanol–water partition coefficient (Wildman–Crippen LogP) is -15.1. The Labute approximate surface area is 227 Å². The molecule has 0 bridgehead atoms. The fraction of sp³-hybridized carbons (Fsp3) is 0.500. The van der Waals surface area contributed by atoms with Gasteiger partial charge in [-0.2, -0.15) is 0 Å². The Bertz CT molecular complexity index is 403. The molecular formula is C6H11BKNa2O14P. The molecule has 0 unspecified atom stereocenters. The number of phosphoric acid groups is 1. The molecule has 0 rings (SSSR count). The average molecular weight is 434 g/mol. The van der Waals surface area contributed by atoms with Gasteiger partial charge < -0.3 is 50.2 Å². The largest absolute Gasteiger partial charge is 1.00 e. The molecule has 0 aromatic carbocycles. The molecule has 0 atom stereocenters. The molecule has 0 aromatic heterocycles. The van der Waals surface area contributed by atoms with Crippen LogP contribution in [0, 0.1) is 0 Å². The van der Waals surface area contributed by atoms with E-state index in [0.717, 1.165) is 0 Å². The summed E-state index contributed by atoms with van der Waals surface area (Å²) in [5.41, 5.74) is -2.74. The van der Waals surface area contributed by atoms with Crippen LogP contribution in [0.15, 0.2) is 0 Å². The van der Waals surface area contributed by atoms with Crippen LogP contribution in [0.3, 0.4) is 0 Å². The summed E-state index contributed by atoms with van der Waals surface area (Å²) in [7, 11) is -7.56. The molecule has 25 heavy (non-hydrogen) atoms. The van der Waals surface area contributed by atoms with Crippen LogP contribution >= 0.6 is 7.82 Å². The first-order valence-corrected chi connectivity index (χ1v) is 6.23. The second-order valence-corrected chi connectivity index (χ2v) is 4.31. The molecule has 0 aliphatic rings. The molecule has 0 fully saturated rings. The quantitative estimate of drug-likeness (QED) is 0.156. The first kappa shape index (κ1) is 41.4. The normalized spacial score (nSPS) is 9.08. The molecule has 130 valence electrons. The molecule has 0 saturated carbocycles. The topological polar surface area (TPSA) is 279 Å². The van der Waals surface area contributed by atoms with Crippen molar-refractivity contribution < 1.29 is 180 Å². The van der Waals surface area contributed by atoms with E-state index in [1.54, 1.807) is 0 Å². The standard InChI is InChI=1S/C6H8O7.BO3.K.2Na.H3O4P/c7-3(8)1-6(13,5(11)12)2-4(9)10;2-1(3)4;;;;1-5(2,3)4/h13H,1-2H2,(H,7,8)(H,9,10)(H,11,12);;;;;(H3,1,2,3,4)/q;-3;3*+1;. The second-order valence-electron chi connectivity index (χ2n) is 3.28. The zero-order valence-corrected chi connectivity index (χ0v) is 21.4. The summed E-state index contributed by atoms with van der Waals surface area (Å²) >= 11 is 0. The molecule has 0 aliphatic heterocycles. The van der Waals surface area contributed by atoms with Gasteiger partial charge in [-0.15, -0.1) is 0 Å². The van der Waals surface area contributed by atoms with E-state index in [1.165, 1.54) is 0 Å². The Morgan fingerprint density at radius 3 is 1.12 bits per heavy atom. The Kier molecular flexibility index (Phi) is 34.5. The van der Waals surface area contributed by atoms with Gasteiger partial charge in [-0.3, -0.25) is 16.9 Å². The predicted molar refractivity (Wildman–Crippen MR) is 57.1 cm³/mol. The van der Waals surface area contributed by atoms with Crippen molar-refractivity contribution in [1.82, 2.24) is 0 Å². The maximum atomic E-state index is 10.3. The SMILES string of the molecule is O=C(O)CC(O)(CC(=O)O)C(=O)O.O=P(O)(O)O.[K+].[Na+].[Na+].[O-]B([O-])[O-]. The molecule has 0 heterocycles. The third-order valence-corrected chi connectivity index (χ3v) is 1.29. The van der Waals surface area contributed by atoms with Gasteiger partial charge in [-0.05, 0) is 0 Å². The van der Waals surface area contributed by atoms with Crippen LogP contribution in [0.2, 0.25) is 0 Å². The van der Waals surface area contributed by atoms with Gasteiger partial charge in [0.05, 0.1) is 12.8 Å². The van der Waals surface area contributed by atoms with E-state index in [-0.39, 0.29) is 110 Å². The Morgan fingerprint density at radius 2 is 1.04 bits per heavy atom. The van der Waals surface area contributed by atoms with Crippen molar-refractivity contribution in [3.8, 4) is 0 Å². The third kappa shape index (κ3) is 46.3. The van der Waals surface area contributed by atoms with Crippen LogP contribution in [-0.2, 0) is 18.9 Å². The van der Waals surface area contributed by atoms with Gasteiger partial charge in [0, 0.05) is 0 Å². The van der Waals surface area contributed by atoms with E-state index in [4.69, 9.17) is 54.7 Å². The second kappa shape index (κ2) is 20.8. The smallest absolute Gasteiger partial charge is 0.907 e. The van der Waals surface area contributed by atoms with Crippen molar-refractivity contribution in [1.29, 1.82) is 0 Å². The summed E-state index contributed by atoms with van der Waals surface area (Å²) in [5.74, 6) is -5.02. The molecular weight excluding hydrogens is 423 g/mol. The van der Waals surface area contributed by atoms with Gasteiger partial charge >= 0.3 is 136 Å². The van der Waals surface area contributed by atoms with Crippen molar-refractivity contribution in [3.63, 3.8) is 0 Å². The fourth-order valence-electron chi connectivity index (χ4n) is 0.714. The molecule has 0 amide bonds. The van der Waals surface area contributed by atoms with Gasteiger partial charge in [0.25, 0.3) is 0 Å². The molecule has 0 aromatic rings. The summed E-state index contributed by atoms with van der Waals surface area (Å²) in [4.78, 5) is 52.0. The third-order valence-electron chi connectivity index (χ3n) is 1.29. The maximum absolute atomic E-state index is 10.3. The fourth-order valence-corrected chi connectivity index (χ4v) is 0.714. The van der Waals surface area contributed by atoms with Crippen molar-refractivity contribution in [2.24, 2.45) is 0 Å². The van der Waals surface area contributed by atoms with Gasteiger partial charge in [-0.1, -0.05) is 0 Å². The van der Waals surface area contributed by atoms with Crippen molar-refractivity contribution >= 4 is 33.1 Å². The molecule has 0 radical (unpaired) electrons. The van der Waals surface area contributed by atoms with E-state index in [1.807, 2.05) is 0 Å². The summed E-state index contributed by atoms with van der Waals surface area (Å²) < 4.78 is 8.88. The zero-order chi connectivity index (χ0) is 18.7. The van der Waals surface area contributed by atoms with Crippen LogP contribution in [0.4, 0.5) is 0 Å². The molecule has 0 saturated heterocycles. The first-order valence-electron chi connectivity index (χ1n) is 4.66. The number of hydrogen-bond donors (Lipinski definition) is 7. The van der Waals surface area contributed by atoms with Crippen LogP contribution in [0.25, 0.3) is 0 Å². The number of carbonyl (C=O) groups is 3. The number of carboxylic acid groups (broad SMARTS) is 3. The van der Waals surface area contributed by atoms with Gasteiger partial charge in [-0.25, -0.2) is 9.36 Å². The average Bonchev–Trinajstić information content (AvgIpc) is 2.09. The van der Waals surface area contributed by atoms with E-state index in [9.17, 15) is 14.4 Å². The maximum Gasteiger partial charge on any atom is 1.00 e. The van der Waals surface area contributed by atoms with E-state index in [2.05, 4.69) is 0 Å². The van der Waals surface area contributed by atoms with Crippen LogP contribution in [-0.4, -0.2) is 65.9 Å². The van der Waals surface area contributed by atoms with Gasteiger partial charge in [0.15, 0.2) is 5.60 Å². The minimum Gasteiger partial charge on any atom is -0.907 e. The van der Waals surface area contributed by atoms with E-state index >= 15 is 0 Å². The number of aliphatic hydroxyl groups is 1. The molecule has 19 heteroatoms. The summed E-state index contributed by atoms with van der Waals surface area (Å²) in [6.45, 7) is 0. The van der Waals surface area contributed by atoms with Crippen molar-refractivity contribution in [3.05, 3.63) is 0 Å². The molecule has 0 spiro atoms. The van der Waals surface area contributed by atoms with Crippen LogP contribution < -0.4 is 126 Å². The van der Waals surface area contributed by atoms with Gasteiger partial charge in [0.1, 0.15) is 0 Å². The number of rotatable bonds is 5. The molecule has 0 aliphatic carbocycles. The zero-order valence-electron chi connectivity index (χ0n) is 13.4. The minimum atomic E-state index is -4.64. The minimum absolute atomic E-state index is 0.